The van der Waals surface area contributed by atoms with E-state index in [1.54, 1.807) is 13.8 Å². The van der Waals surface area contributed by atoms with E-state index in [2.05, 4.69) is 0 Å². The maximum Gasteiger partial charge on any atom is 0.303 e. The third-order valence-corrected chi connectivity index (χ3v) is 7.29. The minimum Gasteiger partial charge on any atom is -0.463 e. The van der Waals surface area contributed by atoms with Crippen molar-refractivity contribution in [3.8, 4) is 0 Å². The smallest absolute Gasteiger partial charge is 0.303 e. The van der Waals surface area contributed by atoms with Crippen LogP contribution in [0.3, 0.4) is 0 Å². The third-order valence-electron chi connectivity index (χ3n) is 7.29. The molecular weight excluding hydrogens is 716 g/mol. The summed E-state index contributed by atoms with van der Waals surface area (Å²) in [7, 11) is 0. The Morgan fingerprint density at radius 2 is 0.679 bits per heavy atom. The van der Waals surface area contributed by atoms with Crippen molar-refractivity contribution < 1.29 is 95.2 Å². The molecule has 0 amide bonds. The molecule has 0 aromatic rings. The summed E-state index contributed by atoms with van der Waals surface area (Å²) in [6.07, 6.45) is -15.8. The first-order valence-electron chi connectivity index (χ1n) is 16.6. The average molecular weight is 765 g/mol. The Bertz CT molecular complexity index is 1230. The molecule has 0 saturated carbocycles. The van der Waals surface area contributed by atoms with Gasteiger partial charge in [0.2, 0.25) is 0 Å². The van der Waals surface area contributed by atoms with Crippen molar-refractivity contribution in [3.05, 3.63) is 0 Å². The highest BCUT2D eigenvalue weighted by molar-refractivity contribution is 5.70. The first-order valence-corrected chi connectivity index (χ1v) is 16.6. The highest BCUT2D eigenvalue weighted by Crippen LogP contribution is 2.33. The van der Waals surface area contributed by atoms with E-state index >= 15 is 0 Å². The van der Waals surface area contributed by atoms with Gasteiger partial charge in [0.15, 0.2) is 49.2 Å². The van der Waals surface area contributed by atoms with Gasteiger partial charge in [-0.3, -0.25) is 38.4 Å². The molecule has 0 aromatic heterocycles. The van der Waals surface area contributed by atoms with E-state index in [-0.39, 0.29) is 6.42 Å². The molecule has 0 unspecified atom stereocenters. The zero-order chi connectivity index (χ0) is 40.2. The van der Waals surface area contributed by atoms with Crippen LogP contribution in [0.2, 0.25) is 0 Å². The minimum absolute atomic E-state index is 0.0136. The number of esters is 8. The molecule has 2 rings (SSSR count). The highest BCUT2D eigenvalue weighted by Gasteiger charge is 2.55. The van der Waals surface area contributed by atoms with E-state index in [1.165, 1.54) is 0 Å². The minimum atomic E-state index is -1.48. The molecule has 0 aliphatic carbocycles. The molecule has 0 aromatic carbocycles. The SMILES string of the molecule is CC(=O)OC[C@H]1O[C@H](O[C@H](C)C[C@@H](C)O[C@H]2O[C@H](COC(C)=O)[C@@H](OC(C)=O)[C@H](OC(C)=O)[C@@H]2OC(C)=O)[C@@H](OC(C)=O)[C@@H](OC(C)=O)[C@@H]1OC(C)=O. The van der Waals surface area contributed by atoms with Gasteiger partial charge >= 0.3 is 47.8 Å². The average Bonchev–Trinajstić information content (AvgIpc) is 2.99. The van der Waals surface area contributed by atoms with Gasteiger partial charge in [0.25, 0.3) is 0 Å². The number of rotatable bonds is 16. The standard InChI is InChI=1S/C33H48O20/c1-14(44-32-30(50-22(9)40)28(48-20(7)38)26(46-18(5)36)24(52-32)12-42-16(3)34)11-15(2)45-33-31(51-23(10)41)29(49-21(8)39)27(47-19(6)37)25(53-33)13-43-17(4)35/h14-15,24-33H,11-13H2,1-10H3/t14-,15-,24-,25-,26-,27-,28+,29+,30+,31+,32+,33+/m1/s1. The van der Waals surface area contributed by atoms with Crippen molar-refractivity contribution in [2.24, 2.45) is 0 Å². The molecular formula is C33H48O20. The summed E-state index contributed by atoms with van der Waals surface area (Å²) < 4.78 is 66.9. The van der Waals surface area contributed by atoms with Crippen LogP contribution in [-0.4, -0.2) is 135 Å². The van der Waals surface area contributed by atoms with Crippen LogP contribution in [0.4, 0.5) is 0 Å². The fourth-order valence-corrected chi connectivity index (χ4v) is 5.63. The molecule has 20 nitrogen and oxygen atoms in total. The first-order chi connectivity index (χ1) is 24.7. The molecule has 53 heavy (non-hydrogen) atoms. The summed E-state index contributed by atoms with van der Waals surface area (Å²) in [6.45, 7) is 11.0. The molecule has 12 atom stereocenters. The van der Waals surface area contributed by atoms with Gasteiger partial charge in [-0.2, -0.15) is 0 Å². The van der Waals surface area contributed by atoms with Crippen molar-refractivity contribution in [3.63, 3.8) is 0 Å². The number of ether oxygens (including phenoxy) is 12. The maximum absolute atomic E-state index is 12.2. The lowest BCUT2D eigenvalue weighted by atomic mass is 9.97. The highest BCUT2D eigenvalue weighted by atomic mass is 16.8. The Kier molecular flexibility index (Phi) is 17.5. The third kappa shape index (κ3) is 14.9. The van der Waals surface area contributed by atoms with E-state index < -0.39 is 135 Å². The van der Waals surface area contributed by atoms with Gasteiger partial charge in [0, 0.05) is 55.4 Å². The van der Waals surface area contributed by atoms with E-state index in [4.69, 9.17) is 56.8 Å². The van der Waals surface area contributed by atoms with Gasteiger partial charge in [-0.1, -0.05) is 0 Å². The summed E-state index contributed by atoms with van der Waals surface area (Å²) in [5.41, 5.74) is 0. The molecule has 2 saturated heterocycles. The van der Waals surface area contributed by atoms with Crippen molar-refractivity contribution >= 4 is 47.8 Å². The van der Waals surface area contributed by atoms with Crippen LogP contribution >= 0.6 is 0 Å². The lowest BCUT2D eigenvalue weighted by Crippen LogP contribution is -2.63. The predicted octanol–water partition coefficient (Wildman–Crippen LogP) is 0.353. The number of carbonyl (C=O) groups excluding carboxylic acids is 8. The van der Waals surface area contributed by atoms with Crippen LogP contribution in [0.1, 0.15) is 75.7 Å². The predicted molar refractivity (Wildman–Crippen MR) is 170 cm³/mol. The van der Waals surface area contributed by atoms with Crippen LogP contribution in [-0.2, 0) is 95.2 Å². The van der Waals surface area contributed by atoms with Crippen LogP contribution in [0.15, 0.2) is 0 Å². The Morgan fingerprint density at radius 3 is 0.943 bits per heavy atom. The van der Waals surface area contributed by atoms with E-state index in [0.29, 0.717) is 0 Å². The van der Waals surface area contributed by atoms with Gasteiger partial charge in [0.05, 0.1) is 12.2 Å². The van der Waals surface area contributed by atoms with Crippen molar-refractivity contribution in [1.29, 1.82) is 0 Å². The monoisotopic (exact) mass is 764 g/mol. The molecule has 0 spiro atoms. The van der Waals surface area contributed by atoms with Gasteiger partial charge in [0.1, 0.15) is 25.4 Å². The number of hydrogen-bond acceptors (Lipinski definition) is 20. The summed E-state index contributed by atoms with van der Waals surface area (Å²) >= 11 is 0. The van der Waals surface area contributed by atoms with Crippen molar-refractivity contribution in [2.75, 3.05) is 13.2 Å². The molecule has 0 bridgehead atoms. The Labute approximate surface area is 305 Å². The zero-order valence-electron chi connectivity index (χ0n) is 31.2. The summed E-state index contributed by atoms with van der Waals surface area (Å²) in [5.74, 6) is -6.28. The zero-order valence-corrected chi connectivity index (χ0v) is 31.2. The molecule has 2 aliphatic heterocycles. The Hall–Kier alpha value is -4.40. The summed E-state index contributed by atoms with van der Waals surface area (Å²) in [6, 6.07) is 0. The van der Waals surface area contributed by atoms with Crippen LogP contribution in [0.25, 0.3) is 0 Å². The summed E-state index contributed by atoms with van der Waals surface area (Å²) in [5, 5.41) is 0. The second-order valence-corrected chi connectivity index (χ2v) is 12.3. The normalized spacial score (nSPS) is 29.2. The number of carbonyl (C=O) groups is 8. The maximum atomic E-state index is 12.2. The fourth-order valence-electron chi connectivity index (χ4n) is 5.63. The van der Waals surface area contributed by atoms with E-state index in [0.717, 1.165) is 55.4 Å². The first kappa shape index (κ1) is 44.8. The number of hydrogen-bond donors (Lipinski definition) is 0. The van der Waals surface area contributed by atoms with Crippen LogP contribution in [0.5, 0.6) is 0 Å². The Balaban J connectivity index is 2.40. The van der Waals surface area contributed by atoms with Crippen LogP contribution < -0.4 is 0 Å². The molecule has 0 radical (unpaired) electrons. The van der Waals surface area contributed by atoms with E-state index in [1.807, 2.05) is 0 Å². The van der Waals surface area contributed by atoms with Gasteiger partial charge in [-0.25, -0.2) is 0 Å². The van der Waals surface area contributed by atoms with Crippen molar-refractivity contribution in [1.82, 2.24) is 0 Å². The Morgan fingerprint density at radius 1 is 0.415 bits per heavy atom. The molecule has 20 heteroatoms. The molecule has 2 fully saturated rings. The quantitative estimate of drug-likeness (QED) is 0.152. The molecule has 2 aliphatic rings. The van der Waals surface area contributed by atoms with Crippen molar-refractivity contribution in [2.45, 2.75) is 149 Å². The topological polar surface area (TPSA) is 247 Å². The fraction of sp³-hybridized carbons (Fsp3) is 0.758. The lowest BCUT2D eigenvalue weighted by molar-refractivity contribution is -0.325. The summed E-state index contributed by atoms with van der Waals surface area (Å²) in [4.78, 5) is 96.0. The van der Waals surface area contributed by atoms with Gasteiger partial charge in [-0.05, 0) is 20.3 Å². The van der Waals surface area contributed by atoms with Gasteiger partial charge in [-0.15, -0.1) is 0 Å². The second kappa shape index (κ2) is 20.7. The second-order valence-electron chi connectivity index (χ2n) is 12.3. The van der Waals surface area contributed by atoms with E-state index in [9.17, 15) is 38.4 Å². The van der Waals surface area contributed by atoms with Gasteiger partial charge < -0.3 is 56.8 Å². The lowest BCUT2D eigenvalue weighted by Gasteiger charge is -2.45. The largest absolute Gasteiger partial charge is 0.463 e. The van der Waals surface area contributed by atoms with Crippen LogP contribution in [0, 0.1) is 0 Å². The molecule has 300 valence electrons. The molecule has 0 N–H and O–H groups in total. The molecule has 2 heterocycles.